The Labute approximate surface area is 125 Å². The standard InChI is InChI=1S/C15H14BrN3O/c16-11-3-4-13(17)12(8-11)15(20)19-7-5-14-10(9-19)2-1-6-18-14/h1-4,6,8H,5,7,9,17H2. The second-order valence-electron chi connectivity index (χ2n) is 4.82. The lowest BCUT2D eigenvalue weighted by molar-refractivity contribution is 0.0734. The van der Waals surface area contributed by atoms with Gasteiger partial charge in [0, 0.05) is 41.6 Å². The van der Waals surface area contributed by atoms with Crippen LogP contribution in [0.1, 0.15) is 21.6 Å². The molecular weight excluding hydrogens is 318 g/mol. The van der Waals surface area contributed by atoms with Gasteiger partial charge in [0.2, 0.25) is 0 Å². The second kappa shape index (κ2) is 5.25. The number of anilines is 1. The molecule has 1 amide bonds. The summed E-state index contributed by atoms with van der Waals surface area (Å²) >= 11 is 3.38. The highest BCUT2D eigenvalue weighted by Gasteiger charge is 2.23. The SMILES string of the molecule is Nc1ccc(Br)cc1C(=O)N1CCc2ncccc2C1. The summed E-state index contributed by atoms with van der Waals surface area (Å²) in [4.78, 5) is 18.8. The van der Waals surface area contributed by atoms with E-state index in [1.54, 1.807) is 18.3 Å². The van der Waals surface area contributed by atoms with Crippen molar-refractivity contribution < 1.29 is 4.79 Å². The van der Waals surface area contributed by atoms with E-state index in [1.165, 1.54) is 0 Å². The zero-order chi connectivity index (χ0) is 14.1. The number of nitrogens with two attached hydrogens (primary N) is 1. The first-order valence-corrected chi connectivity index (χ1v) is 7.21. The zero-order valence-electron chi connectivity index (χ0n) is 10.8. The third-order valence-electron chi connectivity index (χ3n) is 3.50. The van der Waals surface area contributed by atoms with E-state index >= 15 is 0 Å². The number of hydrogen-bond donors (Lipinski definition) is 1. The van der Waals surface area contributed by atoms with E-state index in [2.05, 4.69) is 20.9 Å². The third kappa shape index (κ3) is 2.41. The predicted octanol–water partition coefficient (Wildman–Crippen LogP) is 2.62. The number of nitrogens with zero attached hydrogens (tertiary/aromatic N) is 2. The van der Waals surface area contributed by atoms with Crippen molar-refractivity contribution in [2.24, 2.45) is 0 Å². The molecule has 0 saturated carbocycles. The van der Waals surface area contributed by atoms with Crippen LogP contribution in [-0.4, -0.2) is 22.3 Å². The molecule has 5 heteroatoms. The van der Waals surface area contributed by atoms with E-state index in [-0.39, 0.29) is 5.91 Å². The van der Waals surface area contributed by atoms with E-state index in [9.17, 15) is 4.79 Å². The molecule has 1 aromatic heterocycles. The highest BCUT2D eigenvalue weighted by molar-refractivity contribution is 9.10. The number of hydrogen-bond acceptors (Lipinski definition) is 3. The zero-order valence-corrected chi connectivity index (χ0v) is 12.4. The number of rotatable bonds is 1. The number of nitrogen functional groups attached to an aromatic ring is 1. The van der Waals surface area contributed by atoms with Gasteiger partial charge in [0.05, 0.1) is 5.56 Å². The first kappa shape index (κ1) is 13.1. The van der Waals surface area contributed by atoms with E-state index in [4.69, 9.17) is 5.73 Å². The minimum atomic E-state index is -0.0293. The van der Waals surface area contributed by atoms with Crippen LogP contribution in [0, 0.1) is 0 Å². The Morgan fingerprint density at radius 1 is 1.35 bits per heavy atom. The molecule has 20 heavy (non-hydrogen) atoms. The Bertz CT molecular complexity index is 672. The number of aromatic nitrogens is 1. The smallest absolute Gasteiger partial charge is 0.256 e. The van der Waals surface area contributed by atoms with Crippen LogP contribution in [0.4, 0.5) is 5.69 Å². The maximum atomic E-state index is 12.6. The summed E-state index contributed by atoms with van der Waals surface area (Å²) in [6, 6.07) is 9.28. The van der Waals surface area contributed by atoms with Crippen molar-refractivity contribution in [3.05, 3.63) is 57.8 Å². The van der Waals surface area contributed by atoms with Gasteiger partial charge in [-0.1, -0.05) is 22.0 Å². The summed E-state index contributed by atoms with van der Waals surface area (Å²) < 4.78 is 0.856. The van der Waals surface area contributed by atoms with E-state index < -0.39 is 0 Å². The summed E-state index contributed by atoms with van der Waals surface area (Å²) in [5.74, 6) is -0.0293. The molecule has 2 aromatic rings. The van der Waals surface area contributed by atoms with Gasteiger partial charge in [-0.2, -0.15) is 0 Å². The molecule has 1 aromatic carbocycles. The van der Waals surface area contributed by atoms with Gasteiger partial charge in [0.1, 0.15) is 0 Å². The van der Waals surface area contributed by atoms with Crippen LogP contribution < -0.4 is 5.73 Å². The van der Waals surface area contributed by atoms with Gasteiger partial charge in [-0.15, -0.1) is 0 Å². The Hall–Kier alpha value is -1.88. The van der Waals surface area contributed by atoms with E-state index in [1.807, 2.05) is 23.1 Å². The quantitative estimate of drug-likeness (QED) is 0.817. The lowest BCUT2D eigenvalue weighted by Gasteiger charge is -2.28. The molecule has 0 fully saturated rings. The fourth-order valence-corrected chi connectivity index (χ4v) is 2.78. The van der Waals surface area contributed by atoms with Crippen molar-refractivity contribution in [3.8, 4) is 0 Å². The fourth-order valence-electron chi connectivity index (χ4n) is 2.42. The Morgan fingerprint density at radius 2 is 2.20 bits per heavy atom. The molecule has 0 spiro atoms. The lowest BCUT2D eigenvalue weighted by atomic mass is 10.0. The molecule has 0 bridgehead atoms. The summed E-state index contributed by atoms with van der Waals surface area (Å²) in [7, 11) is 0. The number of carbonyl (C=O) groups is 1. The van der Waals surface area contributed by atoms with Gasteiger partial charge >= 0.3 is 0 Å². The van der Waals surface area contributed by atoms with Crippen molar-refractivity contribution >= 4 is 27.5 Å². The molecule has 2 heterocycles. The molecule has 0 aliphatic carbocycles. The summed E-state index contributed by atoms with van der Waals surface area (Å²) in [6.45, 7) is 1.27. The largest absolute Gasteiger partial charge is 0.398 e. The van der Waals surface area contributed by atoms with Crippen LogP contribution in [0.2, 0.25) is 0 Å². The number of amides is 1. The molecular formula is C15H14BrN3O. The van der Waals surface area contributed by atoms with E-state index in [0.717, 1.165) is 22.2 Å². The second-order valence-corrected chi connectivity index (χ2v) is 5.73. The Morgan fingerprint density at radius 3 is 3.05 bits per heavy atom. The summed E-state index contributed by atoms with van der Waals surface area (Å²) in [6.07, 6.45) is 2.58. The van der Waals surface area contributed by atoms with Crippen molar-refractivity contribution in [2.45, 2.75) is 13.0 Å². The molecule has 0 atom stereocenters. The summed E-state index contributed by atoms with van der Waals surface area (Å²) in [5.41, 5.74) is 9.16. The molecule has 1 aliphatic heterocycles. The van der Waals surface area contributed by atoms with Crippen LogP contribution >= 0.6 is 15.9 Å². The van der Waals surface area contributed by atoms with Crippen LogP contribution in [0.5, 0.6) is 0 Å². The van der Waals surface area contributed by atoms with E-state index in [0.29, 0.717) is 24.3 Å². The van der Waals surface area contributed by atoms with Gasteiger partial charge in [0.25, 0.3) is 5.91 Å². The molecule has 0 radical (unpaired) electrons. The van der Waals surface area contributed by atoms with Crippen molar-refractivity contribution in [1.82, 2.24) is 9.88 Å². The number of pyridine rings is 1. The van der Waals surface area contributed by atoms with Crippen LogP contribution in [0.3, 0.4) is 0 Å². The lowest BCUT2D eigenvalue weighted by Crippen LogP contribution is -2.36. The maximum absolute atomic E-state index is 12.6. The highest BCUT2D eigenvalue weighted by Crippen LogP contribution is 2.23. The average Bonchev–Trinajstić information content (AvgIpc) is 2.48. The topological polar surface area (TPSA) is 59.2 Å². The van der Waals surface area contributed by atoms with Crippen molar-refractivity contribution in [3.63, 3.8) is 0 Å². The summed E-state index contributed by atoms with van der Waals surface area (Å²) in [5, 5.41) is 0. The Kier molecular flexibility index (Phi) is 3.44. The monoisotopic (exact) mass is 331 g/mol. The van der Waals surface area contributed by atoms with Gasteiger partial charge in [-0.05, 0) is 29.8 Å². The van der Waals surface area contributed by atoms with Gasteiger partial charge in [0.15, 0.2) is 0 Å². The maximum Gasteiger partial charge on any atom is 0.256 e. The normalized spacial score (nSPS) is 13.9. The van der Waals surface area contributed by atoms with Gasteiger partial charge in [-0.3, -0.25) is 9.78 Å². The molecule has 0 saturated heterocycles. The van der Waals surface area contributed by atoms with Crippen LogP contribution in [0.15, 0.2) is 41.0 Å². The molecule has 0 unspecified atom stereocenters. The fraction of sp³-hybridized carbons (Fsp3) is 0.200. The number of fused-ring (bicyclic) bond motifs is 1. The molecule has 2 N–H and O–H groups in total. The average molecular weight is 332 g/mol. The van der Waals surface area contributed by atoms with Crippen LogP contribution in [0.25, 0.3) is 0 Å². The highest BCUT2D eigenvalue weighted by atomic mass is 79.9. The van der Waals surface area contributed by atoms with Crippen molar-refractivity contribution in [2.75, 3.05) is 12.3 Å². The third-order valence-corrected chi connectivity index (χ3v) is 3.99. The first-order valence-electron chi connectivity index (χ1n) is 6.42. The minimum absolute atomic E-state index is 0.0293. The number of carbonyl (C=O) groups excluding carboxylic acids is 1. The number of benzene rings is 1. The van der Waals surface area contributed by atoms with Crippen LogP contribution in [-0.2, 0) is 13.0 Å². The number of halogens is 1. The molecule has 4 nitrogen and oxygen atoms in total. The molecule has 3 rings (SSSR count). The minimum Gasteiger partial charge on any atom is -0.398 e. The predicted molar refractivity (Wildman–Crippen MR) is 81.2 cm³/mol. The van der Waals surface area contributed by atoms with Gasteiger partial charge in [-0.25, -0.2) is 0 Å². The first-order chi connectivity index (χ1) is 9.65. The van der Waals surface area contributed by atoms with Crippen molar-refractivity contribution in [1.29, 1.82) is 0 Å². The Balaban J connectivity index is 1.88. The molecule has 102 valence electrons. The molecule has 1 aliphatic rings. The van der Waals surface area contributed by atoms with Gasteiger partial charge < -0.3 is 10.6 Å².